The second kappa shape index (κ2) is 9.51. The van der Waals surface area contributed by atoms with Crippen LogP contribution in [0.3, 0.4) is 0 Å². The van der Waals surface area contributed by atoms with Gasteiger partial charge < -0.3 is 5.32 Å². The van der Waals surface area contributed by atoms with Gasteiger partial charge in [-0.1, -0.05) is 57.2 Å². The zero-order valence-corrected chi connectivity index (χ0v) is 19.8. The number of anilines is 1. The van der Waals surface area contributed by atoms with E-state index in [1.165, 1.54) is 24.0 Å². The summed E-state index contributed by atoms with van der Waals surface area (Å²) in [5.74, 6) is 0.579. The number of halogens is 1. The monoisotopic (exact) mass is 454 g/mol. The molecule has 0 aliphatic rings. The van der Waals surface area contributed by atoms with E-state index in [0.29, 0.717) is 29.3 Å². The molecule has 0 saturated heterocycles. The lowest BCUT2D eigenvalue weighted by molar-refractivity contribution is 0.102. The van der Waals surface area contributed by atoms with Gasteiger partial charge in [0, 0.05) is 23.2 Å². The van der Waals surface area contributed by atoms with Crippen LogP contribution in [-0.4, -0.2) is 20.9 Å². The molecular formula is C28H27FN4O. The smallest absolute Gasteiger partial charge is 0.255 e. The molecule has 3 aromatic carbocycles. The molecule has 0 bridgehead atoms. The van der Waals surface area contributed by atoms with Gasteiger partial charge in [-0.2, -0.15) is 0 Å². The van der Waals surface area contributed by atoms with Crippen molar-refractivity contribution in [3.8, 4) is 11.4 Å². The number of hydrogen-bond acceptors (Lipinski definition) is 4. The number of hydrogen-bond donors (Lipinski definition) is 1. The summed E-state index contributed by atoms with van der Waals surface area (Å²) in [6.45, 7) is 8.34. The molecule has 5 nitrogen and oxygen atoms in total. The fourth-order valence-corrected chi connectivity index (χ4v) is 3.70. The minimum atomic E-state index is -0.292. The third-order valence-electron chi connectivity index (χ3n) is 5.71. The Morgan fingerprint density at radius 1 is 0.971 bits per heavy atom. The molecule has 0 saturated carbocycles. The van der Waals surface area contributed by atoms with E-state index in [4.69, 9.17) is 0 Å². The summed E-state index contributed by atoms with van der Waals surface area (Å²) in [7, 11) is 0. The summed E-state index contributed by atoms with van der Waals surface area (Å²) in [5, 5.41) is 3.00. The highest BCUT2D eigenvalue weighted by atomic mass is 19.1. The number of amides is 1. The predicted molar refractivity (Wildman–Crippen MR) is 132 cm³/mol. The summed E-state index contributed by atoms with van der Waals surface area (Å²) in [6, 6.07) is 19.7. The van der Waals surface area contributed by atoms with Crippen molar-refractivity contribution in [3.05, 3.63) is 107 Å². The van der Waals surface area contributed by atoms with Crippen molar-refractivity contribution >= 4 is 11.6 Å². The minimum absolute atomic E-state index is 0.0258. The molecule has 0 radical (unpaired) electrons. The lowest BCUT2D eigenvalue weighted by Gasteiger charge is -2.19. The molecule has 0 aliphatic carbocycles. The van der Waals surface area contributed by atoms with Crippen LogP contribution in [-0.2, 0) is 11.8 Å². The number of benzene rings is 3. The first-order valence-electron chi connectivity index (χ1n) is 11.1. The lowest BCUT2D eigenvalue weighted by Crippen LogP contribution is -2.15. The van der Waals surface area contributed by atoms with E-state index in [1.807, 2.05) is 55.5 Å². The van der Waals surface area contributed by atoms with Gasteiger partial charge in [0.25, 0.3) is 5.91 Å². The van der Waals surface area contributed by atoms with Crippen LogP contribution in [0.4, 0.5) is 10.1 Å². The van der Waals surface area contributed by atoms with Crippen molar-refractivity contribution < 1.29 is 9.18 Å². The molecule has 0 spiro atoms. The van der Waals surface area contributed by atoms with Crippen LogP contribution in [0.25, 0.3) is 11.4 Å². The Balaban J connectivity index is 1.56. The Kier molecular flexibility index (Phi) is 6.50. The van der Waals surface area contributed by atoms with Gasteiger partial charge in [0.1, 0.15) is 18.0 Å². The van der Waals surface area contributed by atoms with Crippen molar-refractivity contribution in [2.45, 2.75) is 39.5 Å². The van der Waals surface area contributed by atoms with E-state index in [1.54, 1.807) is 6.07 Å². The van der Waals surface area contributed by atoms with Crippen molar-refractivity contribution in [3.63, 3.8) is 0 Å². The topological polar surface area (TPSA) is 67.8 Å². The molecule has 0 fully saturated rings. The number of carbonyl (C=O) groups is 1. The summed E-state index contributed by atoms with van der Waals surface area (Å²) < 4.78 is 13.5. The standard InChI is InChI=1S/C28H27FN4O/c1-18-23(26-31-17-30-25(33-26)16-19-7-5-8-22(29)15-19)9-6-10-24(18)32-27(34)20-11-13-21(14-12-20)28(2,3)4/h5-15,17H,16H2,1-4H3,(H,32,34). The Morgan fingerprint density at radius 2 is 1.71 bits per heavy atom. The Hall–Kier alpha value is -3.93. The Morgan fingerprint density at radius 3 is 2.41 bits per heavy atom. The fraction of sp³-hybridized carbons (Fsp3) is 0.214. The molecule has 4 rings (SSSR count). The third-order valence-corrected chi connectivity index (χ3v) is 5.71. The third kappa shape index (κ3) is 5.34. The number of aromatic nitrogens is 3. The van der Waals surface area contributed by atoms with Crippen molar-refractivity contribution in [2.24, 2.45) is 0 Å². The van der Waals surface area contributed by atoms with Gasteiger partial charge in [0.2, 0.25) is 0 Å². The Bertz CT molecular complexity index is 1330. The van der Waals surface area contributed by atoms with Gasteiger partial charge in [-0.05, 0) is 59.4 Å². The maximum atomic E-state index is 13.5. The number of rotatable bonds is 5. The molecular weight excluding hydrogens is 427 g/mol. The largest absolute Gasteiger partial charge is 0.322 e. The molecule has 1 aromatic heterocycles. The van der Waals surface area contributed by atoms with Crippen LogP contribution in [0.1, 0.15) is 53.6 Å². The van der Waals surface area contributed by atoms with Gasteiger partial charge >= 0.3 is 0 Å². The highest BCUT2D eigenvalue weighted by Gasteiger charge is 2.16. The van der Waals surface area contributed by atoms with Gasteiger partial charge in [-0.25, -0.2) is 19.3 Å². The van der Waals surface area contributed by atoms with E-state index in [9.17, 15) is 9.18 Å². The van der Waals surface area contributed by atoms with Crippen molar-refractivity contribution in [1.29, 1.82) is 0 Å². The van der Waals surface area contributed by atoms with Crippen molar-refractivity contribution in [1.82, 2.24) is 15.0 Å². The molecule has 34 heavy (non-hydrogen) atoms. The second-order valence-electron chi connectivity index (χ2n) is 9.29. The van der Waals surface area contributed by atoms with E-state index in [0.717, 1.165) is 16.7 Å². The van der Waals surface area contributed by atoms with Gasteiger partial charge in [0.15, 0.2) is 5.82 Å². The van der Waals surface area contributed by atoms with Crippen LogP contribution in [0.5, 0.6) is 0 Å². The SMILES string of the molecule is Cc1c(NC(=O)c2ccc(C(C)(C)C)cc2)cccc1-c1ncnc(Cc2cccc(F)c2)n1. The summed E-state index contributed by atoms with van der Waals surface area (Å²) in [6.07, 6.45) is 1.85. The predicted octanol–water partition coefficient (Wildman–Crippen LogP) is 6.13. The fourth-order valence-electron chi connectivity index (χ4n) is 3.70. The molecule has 1 amide bonds. The van der Waals surface area contributed by atoms with Gasteiger partial charge in [-0.3, -0.25) is 4.79 Å². The minimum Gasteiger partial charge on any atom is -0.322 e. The van der Waals surface area contributed by atoms with Crippen LogP contribution in [0.15, 0.2) is 73.1 Å². The number of nitrogens with zero attached hydrogens (tertiary/aromatic N) is 3. The molecule has 6 heteroatoms. The summed E-state index contributed by atoms with van der Waals surface area (Å²) >= 11 is 0. The summed E-state index contributed by atoms with van der Waals surface area (Å²) in [4.78, 5) is 26.0. The first kappa shape index (κ1) is 23.2. The first-order valence-corrected chi connectivity index (χ1v) is 11.1. The maximum absolute atomic E-state index is 13.5. The molecule has 0 unspecified atom stereocenters. The van der Waals surface area contributed by atoms with E-state index < -0.39 is 0 Å². The van der Waals surface area contributed by atoms with Crippen molar-refractivity contribution in [2.75, 3.05) is 5.32 Å². The number of carbonyl (C=O) groups excluding carboxylic acids is 1. The highest BCUT2D eigenvalue weighted by Crippen LogP contribution is 2.27. The maximum Gasteiger partial charge on any atom is 0.255 e. The molecule has 0 aliphatic heterocycles. The van der Waals surface area contributed by atoms with E-state index in [-0.39, 0.29) is 17.1 Å². The lowest BCUT2D eigenvalue weighted by atomic mass is 9.86. The molecule has 1 heterocycles. The van der Waals surface area contributed by atoms with Gasteiger partial charge in [0.05, 0.1) is 0 Å². The Labute approximate surface area is 199 Å². The van der Waals surface area contributed by atoms with Crippen LogP contribution in [0.2, 0.25) is 0 Å². The van der Waals surface area contributed by atoms with Crippen LogP contribution >= 0.6 is 0 Å². The van der Waals surface area contributed by atoms with E-state index >= 15 is 0 Å². The molecule has 1 N–H and O–H groups in total. The molecule has 4 aromatic rings. The first-order chi connectivity index (χ1) is 16.2. The van der Waals surface area contributed by atoms with E-state index in [2.05, 4.69) is 41.0 Å². The number of nitrogens with one attached hydrogen (secondary N) is 1. The van der Waals surface area contributed by atoms with Crippen LogP contribution in [0, 0.1) is 12.7 Å². The average molecular weight is 455 g/mol. The molecule has 0 atom stereocenters. The quantitative estimate of drug-likeness (QED) is 0.394. The zero-order chi connectivity index (χ0) is 24.3. The van der Waals surface area contributed by atoms with Crippen LogP contribution < -0.4 is 5.32 Å². The normalized spacial score (nSPS) is 11.3. The highest BCUT2D eigenvalue weighted by molar-refractivity contribution is 6.05. The summed E-state index contributed by atoms with van der Waals surface area (Å²) in [5.41, 5.74) is 4.91. The molecule has 172 valence electrons. The average Bonchev–Trinajstić information content (AvgIpc) is 2.80. The van der Waals surface area contributed by atoms with Gasteiger partial charge in [-0.15, -0.1) is 0 Å². The zero-order valence-electron chi connectivity index (χ0n) is 19.8. The second-order valence-corrected chi connectivity index (χ2v) is 9.29.